The van der Waals surface area contributed by atoms with Crippen LogP contribution in [0.3, 0.4) is 0 Å². The Morgan fingerprint density at radius 2 is 0.881 bits per heavy atom. The molecule has 0 bridgehead atoms. The molecule has 0 amide bonds. The quantitative estimate of drug-likeness (QED) is 0.0604. The molecule has 1 aliphatic rings. The van der Waals surface area contributed by atoms with Gasteiger partial charge in [0.2, 0.25) is 0 Å². The molecule has 1 fully saturated rings. The average molecular weight is 592 g/mol. The summed E-state index contributed by atoms with van der Waals surface area (Å²) >= 11 is 0. The van der Waals surface area contributed by atoms with Gasteiger partial charge in [0.25, 0.3) is 0 Å². The Kier molecular flexibility index (Phi) is 27.7. The fourth-order valence-corrected chi connectivity index (χ4v) is 6.49. The first-order chi connectivity index (χ1) is 20.5. The highest BCUT2D eigenvalue weighted by Gasteiger charge is 2.33. The molecule has 0 saturated carbocycles. The van der Waals surface area contributed by atoms with Crippen LogP contribution in [-0.4, -0.2) is 29.6 Å². The van der Waals surface area contributed by atoms with Crippen molar-refractivity contribution in [2.75, 3.05) is 6.61 Å². The van der Waals surface area contributed by atoms with Crippen molar-refractivity contribution in [1.29, 1.82) is 0 Å². The number of nitrogens with one attached hydrogen (secondary N) is 1. The van der Waals surface area contributed by atoms with Crippen LogP contribution in [0.1, 0.15) is 213 Å². The summed E-state index contributed by atoms with van der Waals surface area (Å²) in [5.41, 5.74) is -0.315. The van der Waals surface area contributed by atoms with Crippen molar-refractivity contribution in [3.8, 4) is 0 Å². The monoisotopic (exact) mass is 592 g/mol. The van der Waals surface area contributed by atoms with Crippen LogP contribution in [0.15, 0.2) is 12.2 Å². The highest BCUT2D eigenvalue weighted by Crippen LogP contribution is 2.18. The molecule has 42 heavy (non-hydrogen) atoms. The molecule has 1 rings (SSSR count). The molecule has 0 radical (unpaired) electrons. The molecule has 0 spiro atoms. The normalized spacial score (nSPS) is 17.5. The van der Waals surface area contributed by atoms with Gasteiger partial charge in [-0.2, -0.15) is 0 Å². The third kappa shape index (κ3) is 26.1. The Hall–Kier alpha value is -0.380. The van der Waals surface area contributed by atoms with Crippen LogP contribution in [-0.2, 0) is 4.74 Å². The summed E-state index contributed by atoms with van der Waals surface area (Å²) < 4.78 is 5.64. The number of rotatable bonds is 32. The van der Waals surface area contributed by atoms with Crippen molar-refractivity contribution in [3.63, 3.8) is 0 Å². The van der Waals surface area contributed by atoms with Crippen LogP contribution >= 0.6 is 0 Å². The molecule has 1 saturated heterocycles. The van der Waals surface area contributed by atoms with Crippen molar-refractivity contribution in [2.24, 2.45) is 0 Å². The van der Waals surface area contributed by atoms with Gasteiger partial charge in [-0.1, -0.05) is 199 Å². The molecule has 1 aliphatic heterocycles. The summed E-state index contributed by atoms with van der Waals surface area (Å²) in [5.74, 6) is 0. The maximum atomic E-state index is 10.3. The lowest BCUT2D eigenvalue weighted by atomic mass is 10.0. The molecule has 0 aromatic carbocycles. The standard InChI is InChI=1S/C39H77NO2/c1-4-5-6-7-8-9-10-11-12-13-14-15-16-17-18-19-20-21-22-23-24-25-26-27-28-29-30-31-32-33-34-35-38(41)37-36-42-39(2,3)40-37/h34-35,37-38,40-41H,4-33,36H2,1-3H3/b35-34+/t37-,38+/m0/s1. The topological polar surface area (TPSA) is 41.5 Å². The molecular weight excluding hydrogens is 514 g/mol. The molecule has 2 N–H and O–H groups in total. The minimum atomic E-state index is -0.449. The first-order valence-corrected chi connectivity index (χ1v) is 19.3. The lowest BCUT2D eigenvalue weighted by Gasteiger charge is -2.19. The summed E-state index contributed by atoms with van der Waals surface area (Å²) in [4.78, 5) is 0. The molecule has 0 aliphatic carbocycles. The van der Waals surface area contributed by atoms with Crippen LogP contribution in [0.4, 0.5) is 0 Å². The summed E-state index contributed by atoms with van der Waals surface area (Å²) in [6.07, 6.45) is 46.6. The predicted octanol–water partition coefficient (Wildman–Crippen LogP) is 12.4. The van der Waals surface area contributed by atoms with Gasteiger partial charge >= 0.3 is 0 Å². The number of hydrogen-bond donors (Lipinski definition) is 2. The summed E-state index contributed by atoms with van der Waals surface area (Å²) in [7, 11) is 0. The van der Waals surface area contributed by atoms with Crippen LogP contribution < -0.4 is 5.32 Å². The maximum absolute atomic E-state index is 10.3. The Balaban J connectivity index is 1.67. The number of ether oxygens (including phenoxy) is 1. The molecule has 1 heterocycles. The van der Waals surface area contributed by atoms with E-state index in [0.29, 0.717) is 6.61 Å². The van der Waals surface area contributed by atoms with E-state index in [0.717, 1.165) is 6.42 Å². The van der Waals surface area contributed by atoms with E-state index in [1.807, 2.05) is 19.9 Å². The van der Waals surface area contributed by atoms with E-state index >= 15 is 0 Å². The molecule has 0 unspecified atom stereocenters. The van der Waals surface area contributed by atoms with Gasteiger partial charge in [0.1, 0.15) is 5.72 Å². The van der Waals surface area contributed by atoms with Gasteiger partial charge < -0.3 is 9.84 Å². The van der Waals surface area contributed by atoms with E-state index in [1.54, 1.807) is 0 Å². The Morgan fingerprint density at radius 3 is 1.17 bits per heavy atom. The number of aliphatic hydroxyl groups is 1. The van der Waals surface area contributed by atoms with Gasteiger partial charge in [-0.15, -0.1) is 0 Å². The summed E-state index contributed by atoms with van der Waals surface area (Å²) in [6.45, 7) is 6.90. The molecule has 2 atom stereocenters. The van der Waals surface area contributed by atoms with Gasteiger partial charge in [-0.05, 0) is 26.7 Å². The van der Waals surface area contributed by atoms with Gasteiger partial charge in [-0.3, -0.25) is 5.32 Å². The van der Waals surface area contributed by atoms with E-state index in [9.17, 15) is 5.11 Å². The molecule has 0 aromatic heterocycles. The van der Waals surface area contributed by atoms with Crippen molar-refractivity contribution in [2.45, 2.75) is 231 Å². The Labute approximate surface area is 264 Å². The first kappa shape index (κ1) is 39.6. The second-order valence-corrected chi connectivity index (χ2v) is 14.2. The minimum Gasteiger partial charge on any atom is -0.387 e. The predicted molar refractivity (Wildman–Crippen MR) is 186 cm³/mol. The Morgan fingerprint density at radius 1 is 0.571 bits per heavy atom. The van der Waals surface area contributed by atoms with Crippen molar-refractivity contribution in [3.05, 3.63) is 12.2 Å². The Bertz CT molecular complexity index is 575. The smallest absolute Gasteiger partial charge is 0.114 e. The van der Waals surface area contributed by atoms with Gasteiger partial charge in [0.15, 0.2) is 0 Å². The molecule has 3 heteroatoms. The lowest BCUT2D eigenvalue weighted by molar-refractivity contribution is 0.0228. The second kappa shape index (κ2) is 29.3. The van der Waals surface area contributed by atoms with Crippen LogP contribution in [0, 0.1) is 0 Å². The second-order valence-electron chi connectivity index (χ2n) is 14.2. The van der Waals surface area contributed by atoms with E-state index in [1.165, 1.54) is 186 Å². The van der Waals surface area contributed by atoms with Crippen LogP contribution in [0.2, 0.25) is 0 Å². The van der Waals surface area contributed by atoms with Crippen LogP contribution in [0.5, 0.6) is 0 Å². The van der Waals surface area contributed by atoms with E-state index in [-0.39, 0.29) is 11.8 Å². The van der Waals surface area contributed by atoms with E-state index in [4.69, 9.17) is 4.74 Å². The first-order valence-electron chi connectivity index (χ1n) is 19.3. The number of hydrogen-bond acceptors (Lipinski definition) is 3. The zero-order valence-electron chi connectivity index (χ0n) is 29.1. The van der Waals surface area contributed by atoms with Gasteiger partial charge in [0, 0.05) is 0 Å². The molecule has 3 nitrogen and oxygen atoms in total. The summed E-state index contributed by atoms with van der Waals surface area (Å²) in [5, 5.41) is 13.6. The minimum absolute atomic E-state index is 0.0183. The van der Waals surface area contributed by atoms with Crippen LogP contribution in [0.25, 0.3) is 0 Å². The third-order valence-corrected chi connectivity index (χ3v) is 9.38. The summed E-state index contributed by atoms with van der Waals surface area (Å²) in [6, 6.07) is 0.0183. The number of unbranched alkanes of at least 4 members (excludes halogenated alkanes) is 29. The van der Waals surface area contributed by atoms with E-state index in [2.05, 4.69) is 18.3 Å². The maximum Gasteiger partial charge on any atom is 0.114 e. The highest BCUT2D eigenvalue weighted by atomic mass is 16.5. The fraction of sp³-hybridized carbons (Fsp3) is 0.949. The van der Waals surface area contributed by atoms with Crippen molar-refractivity contribution < 1.29 is 9.84 Å². The van der Waals surface area contributed by atoms with E-state index < -0.39 is 6.10 Å². The fourth-order valence-electron chi connectivity index (χ4n) is 6.49. The van der Waals surface area contributed by atoms with Gasteiger partial charge in [-0.25, -0.2) is 0 Å². The molecule has 0 aromatic rings. The molecular formula is C39H77NO2. The third-order valence-electron chi connectivity index (χ3n) is 9.38. The van der Waals surface area contributed by atoms with Crippen molar-refractivity contribution in [1.82, 2.24) is 5.32 Å². The highest BCUT2D eigenvalue weighted by molar-refractivity contribution is 4.98. The number of aliphatic hydroxyl groups excluding tert-OH is 1. The largest absolute Gasteiger partial charge is 0.387 e. The lowest BCUT2D eigenvalue weighted by Crippen LogP contribution is -2.43. The number of allylic oxidation sites excluding steroid dienone is 1. The van der Waals surface area contributed by atoms with Crippen molar-refractivity contribution >= 4 is 0 Å². The zero-order valence-corrected chi connectivity index (χ0v) is 29.1. The SMILES string of the molecule is CCCCCCCCCCCCCCCCCCCCCCCCCCCCCCC/C=C/[C@@H](O)[C@@H]1COC(C)(C)N1. The van der Waals surface area contributed by atoms with Gasteiger partial charge in [0.05, 0.1) is 18.8 Å². The molecule has 250 valence electrons. The zero-order chi connectivity index (χ0) is 30.4. The average Bonchev–Trinajstić information content (AvgIpc) is 3.35.